The molecular weight excluding hydrogens is 320 g/mol. The van der Waals surface area contributed by atoms with Gasteiger partial charge in [-0.25, -0.2) is 0 Å². The molecule has 3 aromatic carbocycles. The predicted molar refractivity (Wildman–Crippen MR) is 107 cm³/mol. The molecule has 0 aromatic heterocycles. The van der Waals surface area contributed by atoms with E-state index in [1.807, 2.05) is 12.1 Å². The summed E-state index contributed by atoms with van der Waals surface area (Å²) < 4.78 is 11.9. The lowest BCUT2D eigenvalue weighted by Gasteiger charge is -2.11. The molecule has 2 heterocycles. The highest BCUT2D eigenvalue weighted by Gasteiger charge is 2.04. The van der Waals surface area contributed by atoms with Crippen LogP contribution in [0.25, 0.3) is 22.3 Å². The Morgan fingerprint density at radius 3 is 1.38 bits per heavy atom. The van der Waals surface area contributed by atoms with E-state index in [1.54, 1.807) is 0 Å². The second kappa shape index (κ2) is 8.09. The van der Waals surface area contributed by atoms with Crippen molar-refractivity contribution in [3.8, 4) is 33.8 Å². The summed E-state index contributed by atoms with van der Waals surface area (Å²) in [6.45, 7) is 1.54. The van der Waals surface area contributed by atoms with Crippen molar-refractivity contribution in [2.45, 2.75) is 25.7 Å². The highest BCUT2D eigenvalue weighted by molar-refractivity contribution is 5.71. The summed E-state index contributed by atoms with van der Waals surface area (Å²) in [5, 5.41) is 0. The summed E-state index contributed by atoms with van der Waals surface area (Å²) in [5.41, 5.74) is 4.78. The fourth-order valence-electron chi connectivity index (χ4n) is 3.32. The van der Waals surface area contributed by atoms with Crippen molar-refractivity contribution >= 4 is 0 Å². The van der Waals surface area contributed by atoms with Gasteiger partial charge in [0.25, 0.3) is 0 Å². The van der Waals surface area contributed by atoms with Gasteiger partial charge >= 0.3 is 0 Å². The standard InChI is InChI=1S/C24H24O2/c1-2-4-16-26-24-10-6-8-22(18-24)20-13-11-19(12-14-20)21-7-5-9-23(17-21)25-15-3-1/h5-14,17-18H,1-4,15-16H2. The maximum atomic E-state index is 5.93. The van der Waals surface area contributed by atoms with E-state index in [0.717, 1.165) is 37.6 Å². The van der Waals surface area contributed by atoms with E-state index in [2.05, 4.69) is 60.7 Å². The number of fused-ring (bicyclic) bond motifs is 9. The van der Waals surface area contributed by atoms with Gasteiger partial charge in [-0.05, 0) is 72.2 Å². The first kappa shape index (κ1) is 16.7. The molecule has 132 valence electrons. The number of hydrogen-bond acceptors (Lipinski definition) is 2. The second-order valence-electron chi connectivity index (χ2n) is 6.74. The Hall–Kier alpha value is -2.74. The van der Waals surface area contributed by atoms with Crippen LogP contribution in [0.1, 0.15) is 25.7 Å². The van der Waals surface area contributed by atoms with Crippen molar-refractivity contribution in [2.24, 2.45) is 0 Å². The summed E-state index contributed by atoms with van der Waals surface area (Å²) in [6.07, 6.45) is 4.50. The SMILES string of the molecule is c1cc2cc(c1)-c1ccc(cc1)-c1cccc(c1)OCCCCCCO2. The number of benzene rings is 3. The van der Waals surface area contributed by atoms with Crippen molar-refractivity contribution in [3.63, 3.8) is 0 Å². The molecule has 0 aliphatic carbocycles. The zero-order chi connectivity index (χ0) is 17.6. The molecule has 26 heavy (non-hydrogen) atoms. The highest BCUT2D eigenvalue weighted by Crippen LogP contribution is 2.29. The number of ether oxygens (including phenoxy) is 2. The largest absolute Gasteiger partial charge is 0.494 e. The van der Waals surface area contributed by atoms with Gasteiger partial charge in [-0.2, -0.15) is 0 Å². The Morgan fingerprint density at radius 1 is 0.462 bits per heavy atom. The minimum atomic E-state index is 0.769. The molecule has 0 unspecified atom stereocenters. The maximum absolute atomic E-state index is 5.93. The Labute approximate surface area is 155 Å². The summed E-state index contributed by atoms with van der Waals surface area (Å²) in [7, 11) is 0. The second-order valence-corrected chi connectivity index (χ2v) is 6.74. The average Bonchev–Trinajstić information content (AvgIpc) is 2.70. The van der Waals surface area contributed by atoms with E-state index in [-0.39, 0.29) is 0 Å². The van der Waals surface area contributed by atoms with Gasteiger partial charge in [-0.15, -0.1) is 0 Å². The van der Waals surface area contributed by atoms with E-state index < -0.39 is 0 Å². The molecule has 0 saturated carbocycles. The molecule has 2 aliphatic rings. The molecule has 5 rings (SSSR count). The van der Waals surface area contributed by atoms with Crippen molar-refractivity contribution in [1.82, 2.24) is 0 Å². The quantitative estimate of drug-likeness (QED) is 0.473. The molecule has 0 fully saturated rings. The number of rotatable bonds is 0. The monoisotopic (exact) mass is 344 g/mol. The van der Waals surface area contributed by atoms with E-state index >= 15 is 0 Å². The van der Waals surface area contributed by atoms with Crippen molar-refractivity contribution in [2.75, 3.05) is 13.2 Å². The minimum Gasteiger partial charge on any atom is -0.494 e. The van der Waals surface area contributed by atoms with Crippen molar-refractivity contribution in [1.29, 1.82) is 0 Å². The molecule has 3 aromatic rings. The zero-order valence-corrected chi connectivity index (χ0v) is 15.0. The van der Waals surface area contributed by atoms with E-state index in [4.69, 9.17) is 9.47 Å². The van der Waals surface area contributed by atoms with Crippen LogP contribution in [0.2, 0.25) is 0 Å². The topological polar surface area (TPSA) is 18.5 Å². The lowest BCUT2D eigenvalue weighted by atomic mass is 10.00. The van der Waals surface area contributed by atoms with Gasteiger partial charge < -0.3 is 9.47 Å². The van der Waals surface area contributed by atoms with Crippen LogP contribution >= 0.6 is 0 Å². The first-order chi connectivity index (χ1) is 12.9. The summed E-state index contributed by atoms with van der Waals surface area (Å²) >= 11 is 0. The zero-order valence-electron chi connectivity index (χ0n) is 15.0. The highest BCUT2D eigenvalue weighted by atomic mass is 16.5. The molecule has 0 amide bonds. The Kier molecular flexibility index (Phi) is 5.20. The summed E-state index contributed by atoms with van der Waals surface area (Å²) in [4.78, 5) is 0. The predicted octanol–water partition coefficient (Wildman–Crippen LogP) is 6.35. The Balaban J connectivity index is 1.66. The van der Waals surface area contributed by atoms with Gasteiger partial charge in [0.1, 0.15) is 11.5 Å². The molecule has 6 bridgehead atoms. The van der Waals surface area contributed by atoms with Gasteiger partial charge in [0.15, 0.2) is 0 Å². The van der Waals surface area contributed by atoms with Crippen LogP contribution in [0.15, 0.2) is 72.8 Å². The first-order valence-corrected chi connectivity index (χ1v) is 9.45. The van der Waals surface area contributed by atoms with Gasteiger partial charge in [-0.3, -0.25) is 0 Å². The van der Waals surface area contributed by atoms with Crippen LogP contribution in [0.5, 0.6) is 11.5 Å². The van der Waals surface area contributed by atoms with Crippen molar-refractivity contribution < 1.29 is 9.47 Å². The van der Waals surface area contributed by atoms with Crippen LogP contribution in [0, 0.1) is 0 Å². The smallest absolute Gasteiger partial charge is 0.119 e. The molecule has 0 N–H and O–H groups in total. The third-order valence-corrected chi connectivity index (χ3v) is 4.80. The van der Waals surface area contributed by atoms with E-state index in [9.17, 15) is 0 Å². The third kappa shape index (κ3) is 4.08. The Bertz CT molecular complexity index is 780. The fraction of sp³-hybridized carbons (Fsp3) is 0.250. The molecule has 0 saturated heterocycles. The molecule has 0 spiro atoms. The normalized spacial score (nSPS) is 14.6. The van der Waals surface area contributed by atoms with Gasteiger partial charge in [-0.1, -0.05) is 48.5 Å². The molecule has 2 nitrogen and oxygen atoms in total. The number of hydrogen-bond donors (Lipinski definition) is 0. The Morgan fingerprint density at radius 2 is 0.923 bits per heavy atom. The first-order valence-electron chi connectivity index (χ1n) is 9.45. The van der Waals surface area contributed by atoms with E-state index in [1.165, 1.54) is 35.1 Å². The average molecular weight is 344 g/mol. The molecular formula is C24H24O2. The molecule has 0 radical (unpaired) electrons. The lowest BCUT2D eigenvalue weighted by molar-refractivity contribution is 0.287. The third-order valence-electron chi connectivity index (χ3n) is 4.80. The maximum Gasteiger partial charge on any atom is 0.119 e. The minimum absolute atomic E-state index is 0.769. The summed E-state index contributed by atoms with van der Waals surface area (Å²) in [6, 6.07) is 25.4. The molecule has 2 aliphatic heterocycles. The van der Waals surface area contributed by atoms with Crippen LogP contribution < -0.4 is 9.47 Å². The lowest BCUT2D eigenvalue weighted by Crippen LogP contribution is -2.00. The van der Waals surface area contributed by atoms with Crippen LogP contribution in [0.3, 0.4) is 0 Å². The molecule has 2 heteroatoms. The van der Waals surface area contributed by atoms with Crippen LogP contribution in [-0.2, 0) is 0 Å². The summed E-state index contributed by atoms with van der Waals surface area (Å²) in [5.74, 6) is 1.90. The van der Waals surface area contributed by atoms with Gasteiger partial charge in [0, 0.05) is 0 Å². The molecule has 0 atom stereocenters. The van der Waals surface area contributed by atoms with Crippen LogP contribution in [-0.4, -0.2) is 13.2 Å². The van der Waals surface area contributed by atoms with Crippen LogP contribution in [0.4, 0.5) is 0 Å². The van der Waals surface area contributed by atoms with Gasteiger partial charge in [0.05, 0.1) is 13.2 Å². The van der Waals surface area contributed by atoms with Gasteiger partial charge in [0.2, 0.25) is 0 Å². The fourth-order valence-corrected chi connectivity index (χ4v) is 3.32. The van der Waals surface area contributed by atoms with Crippen molar-refractivity contribution in [3.05, 3.63) is 72.8 Å². The van der Waals surface area contributed by atoms with E-state index in [0.29, 0.717) is 0 Å².